The molecule has 1 fully saturated rings. The lowest BCUT2D eigenvalue weighted by atomic mass is 10.2. The fourth-order valence-electron chi connectivity index (χ4n) is 2.48. The maximum Gasteiger partial charge on any atom is 0.225 e. The van der Waals surface area contributed by atoms with E-state index in [0.717, 1.165) is 32.1 Å². The van der Waals surface area contributed by atoms with Crippen molar-refractivity contribution in [3.8, 4) is 0 Å². The number of anilines is 3. The summed E-state index contributed by atoms with van der Waals surface area (Å²) >= 11 is 0. The van der Waals surface area contributed by atoms with Crippen molar-refractivity contribution in [3.63, 3.8) is 0 Å². The van der Waals surface area contributed by atoms with Gasteiger partial charge >= 0.3 is 0 Å². The Morgan fingerprint density at radius 2 is 1.65 bits per heavy atom. The molecule has 0 amide bonds. The molecule has 0 atom stereocenters. The first-order chi connectivity index (χ1) is 9.72. The van der Waals surface area contributed by atoms with Crippen molar-refractivity contribution >= 4 is 17.3 Å². The van der Waals surface area contributed by atoms with Gasteiger partial charge in [0.25, 0.3) is 0 Å². The standard InChI is InChI=1S/C15H19N5/c1-12-3-2-4-14(9-12)19-5-7-20(8-6-19)15-17-10-13(16)11-18-15/h2-4,9-11H,5-8,16H2,1H3. The maximum atomic E-state index is 5.62. The molecule has 1 aliphatic rings. The Kier molecular flexibility index (Phi) is 3.41. The van der Waals surface area contributed by atoms with E-state index in [-0.39, 0.29) is 0 Å². The number of hydrogen-bond acceptors (Lipinski definition) is 5. The molecule has 1 aliphatic heterocycles. The summed E-state index contributed by atoms with van der Waals surface area (Å²) in [5.74, 6) is 0.767. The highest BCUT2D eigenvalue weighted by Gasteiger charge is 2.19. The van der Waals surface area contributed by atoms with E-state index in [1.807, 2.05) is 0 Å². The molecule has 1 aromatic carbocycles. The molecule has 1 aromatic heterocycles. The van der Waals surface area contributed by atoms with Crippen LogP contribution in [0.1, 0.15) is 5.56 Å². The summed E-state index contributed by atoms with van der Waals surface area (Å²) in [4.78, 5) is 13.2. The van der Waals surface area contributed by atoms with Gasteiger partial charge < -0.3 is 15.5 Å². The predicted octanol–water partition coefficient (Wildman–Crippen LogP) is 1.69. The van der Waals surface area contributed by atoms with E-state index in [1.165, 1.54) is 11.3 Å². The largest absolute Gasteiger partial charge is 0.396 e. The van der Waals surface area contributed by atoms with E-state index in [0.29, 0.717) is 5.69 Å². The Morgan fingerprint density at radius 3 is 2.30 bits per heavy atom. The van der Waals surface area contributed by atoms with Crippen LogP contribution in [0, 0.1) is 6.92 Å². The van der Waals surface area contributed by atoms with Gasteiger partial charge in [-0.2, -0.15) is 0 Å². The van der Waals surface area contributed by atoms with Crippen molar-refractivity contribution in [2.24, 2.45) is 0 Å². The normalized spacial score (nSPS) is 15.4. The van der Waals surface area contributed by atoms with Crippen molar-refractivity contribution in [1.29, 1.82) is 0 Å². The molecular formula is C15H19N5. The molecular weight excluding hydrogens is 250 g/mol. The molecule has 0 aliphatic carbocycles. The first-order valence-electron chi connectivity index (χ1n) is 6.86. The van der Waals surface area contributed by atoms with Gasteiger partial charge in [-0.05, 0) is 24.6 Å². The molecule has 2 heterocycles. The number of hydrogen-bond donors (Lipinski definition) is 1. The minimum absolute atomic E-state index is 0.604. The zero-order valence-corrected chi connectivity index (χ0v) is 11.7. The van der Waals surface area contributed by atoms with Crippen LogP contribution in [0.4, 0.5) is 17.3 Å². The average Bonchev–Trinajstić information content (AvgIpc) is 2.48. The molecule has 0 spiro atoms. The Hall–Kier alpha value is -2.30. The molecule has 3 rings (SSSR count). The monoisotopic (exact) mass is 269 g/mol. The number of rotatable bonds is 2. The van der Waals surface area contributed by atoms with Crippen LogP contribution in [-0.2, 0) is 0 Å². The van der Waals surface area contributed by atoms with Gasteiger partial charge in [0.15, 0.2) is 0 Å². The highest BCUT2D eigenvalue weighted by molar-refractivity contribution is 5.50. The molecule has 5 nitrogen and oxygen atoms in total. The van der Waals surface area contributed by atoms with Crippen molar-refractivity contribution in [2.75, 3.05) is 41.7 Å². The predicted molar refractivity (Wildman–Crippen MR) is 82.0 cm³/mol. The lowest BCUT2D eigenvalue weighted by Gasteiger charge is -2.36. The van der Waals surface area contributed by atoms with Gasteiger partial charge in [0.1, 0.15) is 0 Å². The molecule has 0 saturated carbocycles. The molecule has 0 bridgehead atoms. The average molecular weight is 269 g/mol. The SMILES string of the molecule is Cc1cccc(N2CCN(c3ncc(N)cn3)CC2)c1. The van der Waals surface area contributed by atoms with Gasteiger partial charge in [0.05, 0.1) is 18.1 Å². The number of aryl methyl sites for hydroxylation is 1. The Morgan fingerprint density at radius 1 is 1.00 bits per heavy atom. The van der Waals surface area contributed by atoms with Crippen LogP contribution in [0.15, 0.2) is 36.7 Å². The van der Waals surface area contributed by atoms with Crippen molar-refractivity contribution in [3.05, 3.63) is 42.2 Å². The minimum Gasteiger partial charge on any atom is -0.396 e. The topological polar surface area (TPSA) is 58.3 Å². The summed E-state index contributed by atoms with van der Waals surface area (Å²) in [6.45, 7) is 5.95. The third-order valence-electron chi connectivity index (χ3n) is 3.59. The van der Waals surface area contributed by atoms with E-state index >= 15 is 0 Å². The quantitative estimate of drug-likeness (QED) is 0.899. The summed E-state index contributed by atoms with van der Waals surface area (Å²) in [7, 11) is 0. The lowest BCUT2D eigenvalue weighted by molar-refractivity contribution is 0.640. The van der Waals surface area contributed by atoms with Gasteiger partial charge in [-0.15, -0.1) is 0 Å². The first-order valence-corrected chi connectivity index (χ1v) is 6.86. The van der Waals surface area contributed by atoms with Crippen LogP contribution in [0.3, 0.4) is 0 Å². The van der Waals surface area contributed by atoms with Crippen LogP contribution in [0.2, 0.25) is 0 Å². The van der Waals surface area contributed by atoms with Crippen LogP contribution < -0.4 is 15.5 Å². The van der Waals surface area contributed by atoms with E-state index in [4.69, 9.17) is 5.73 Å². The molecule has 2 aromatic rings. The number of aromatic nitrogens is 2. The van der Waals surface area contributed by atoms with Crippen molar-refractivity contribution < 1.29 is 0 Å². The Balaban J connectivity index is 1.66. The second kappa shape index (κ2) is 5.36. The zero-order valence-electron chi connectivity index (χ0n) is 11.7. The summed E-state index contributed by atoms with van der Waals surface area (Å²) < 4.78 is 0. The van der Waals surface area contributed by atoms with Crippen LogP contribution in [0.25, 0.3) is 0 Å². The second-order valence-corrected chi connectivity index (χ2v) is 5.13. The summed E-state index contributed by atoms with van der Waals surface area (Å²) in [5, 5.41) is 0. The van der Waals surface area contributed by atoms with Crippen molar-refractivity contribution in [1.82, 2.24) is 9.97 Å². The van der Waals surface area contributed by atoms with Gasteiger partial charge in [-0.3, -0.25) is 0 Å². The second-order valence-electron chi connectivity index (χ2n) is 5.13. The number of piperazine rings is 1. The van der Waals surface area contributed by atoms with Crippen LogP contribution in [-0.4, -0.2) is 36.1 Å². The maximum absolute atomic E-state index is 5.62. The van der Waals surface area contributed by atoms with Crippen molar-refractivity contribution in [2.45, 2.75) is 6.92 Å². The summed E-state index contributed by atoms with van der Waals surface area (Å²) in [6, 6.07) is 8.64. The third-order valence-corrected chi connectivity index (χ3v) is 3.59. The third kappa shape index (κ3) is 2.66. The fourth-order valence-corrected chi connectivity index (χ4v) is 2.48. The van der Waals surface area contributed by atoms with Gasteiger partial charge in [-0.25, -0.2) is 9.97 Å². The number of nitrogens with two attached hydrogens (primary N) is 1. The smallest absolute Gasteiger partial charge is 0.225 e. The van der Waals surface area contributed by atoms with E-state index in [2.05, 4.69) is 51.0 Å². The van der Waals surface area contributed by atoms with Gasteiger partial charge in [0, 0.05) is 31.9 Å². The molecule has 1 saturated heterocycles. The minimum atomic E-state index is 0.604. The zero-order chi connectivity index (χ0) is 13.9. The molecule has 20 heavy (non-hydrogen) atoms. The summed E-state index contributed by atoms with van der Waals surface area (Å²) in [5.41, 5.74) is 8.81. The molecule has 2 N–H and O–H groups in total. The Labute approximate surface area is 119 Å². The molecule has 0 radical (unpaired) electrons. The van der Waals surface area contributed by atoms with Crippen LogP contribution >= 0.6 is 0 Å². The summed E-state index contributed by atoms with van der Waals surface area (Å²) in [6.07, 6.45) is 3.32. The number of benzene rings is 1. The van der Waals surface area contributed by atoms with E-state index in [9.17, 15) is 0 Å². The molecule has 104 valence electrons. The van der Waals surface area contributed by atoms with Crippen LogP contribution in [0.5, 0.6) is 0 Å². The highest BCUT2D eigenvalue weighted by Crippen LogP contribution is 2.19. The van der Waals surface area contributed by atoms with Gasteiger partial charge in [-0.1, -0.05) is 12.1 Å². The number of nitrogens with zero attached hydrogens (tertiary/aromatic N) is 4. The fraction of sp³-hybridized carbons (Fsp3) is 0.333. The molecule has 5 heteroatoms. The van der Waals surface area contributed by atoms with E-state index in [1.54, 1.807) is 12.4 Å². The lowest BCUT2D eigenvalue weighted by Crippen LogP contribution is -2.47. The van der Waals surface area contributed by atoms with Gasteiger partial charge in [0.2, 0.25) is 5.95 Å². The first kappa shape index (κ1) is 12.7. The highest BCUT2D eigenvalue weighted by atomic mass is 15.3. The number of nitrogen functional groups attached to an aromatic ring is 1. The molecule has 0 unspecified atom stereocenters. The van der Waals surface area contributed by atoms with E-state index < -0.39 is 0 Å². The Bertz CT molecular complexity index is 573.